The van der Waals surface area contributed by atoms with Crippen molar-refractivity contribution in [2.75, 3.05) is 13.6 Å². The molecule has 0 spiro atoms. The number of rotatable bonds is 29. The molecule has 1 nitrogen and oxygen atoms in total. The summed E-state index contributed by atoms with van der Waals surface area (Å²) in [5, 5.41) is 3.24. The Morgan fingerprint density at radius 3 is 0.667 bits per heavy atom. The number of hydrogen-bond donors (Lipinski definition) is 1. The fourth-order valence-corrected chi connectivity index (χ4v) is 4.97. The quantitative estimate of drug-likeness (QED) is 0.103. The van der Waals surface area contributed by atoms with Crippen LogP contribution in [0.5, 0.6) is 0 Å². The summed E-state index contributed by atoms with van der Waals surface area (Å²) in [5.74, 6) is 0. The zero-order valence-corrected chi connectivity index (χ0v) is 24.2. The van der Waals surface area contributed by atoms with Gasteiger partial charge in [-0.1, -0.05) is 180 Å². The zero-order chi connectivity index (χ0) is 23.2. The largest absolute Gasteiger partial charge is 0.320 e. The molecule has 0 aliphatic heterocycles. The Morgan fingerprint density at radius 1 is 0.303 bits per heavy atom. The lowest BCUT2D eigenvalue weighted by atomic mass is 10.0. The first-order valence-electron chi connectivity index (χ1n) is 15.6. The van der Waals surface area contributed by atoms with Crippen molar-refractivity contribution in [3.8, 4) is 0 Å². The zero-order valence-electron chi connectivity index (χ0n) is 23.4. The van der Waals surface area contributed by atoms with Crippen LogP contribution in [0.4, 0.5) is 0 Å². The molecular formula is C31H66ClN. The van der Waals surface area contributed by atoms with E-state index >= 15 is 0 Å². The number of nitrogens with one attached hydrogen (secondary N) is 1. The van der Waals surface area contributed by atoms with Crippen LogP contribution >= 0.6 is 12.4 Å². The highest BCUT2D eigenvalue weighted by atomic mass is 35.5. The molecule has 0 saturated heterocycles. The summed E-state index contributed by atoms with van der Waals surface area (Å²) in [5.41, 5.74) is 0. The average Bonchev–Trinajstić information content (AvgIpc) is 2.81. The van der Waals surface area contributed by atoms with E-state index in [1.54, 1.807) is 0 Å². The van der Waals surface area contributed by atoms with Crippen molar-refractivity contribution in [3.05, 3.63) is 0 Å². The van der Waals surface area contributed by atoms with Gasteiger partial charge in [-0.3, -0.25) is 0 Å². The molecule has 0 unspecified atom stereocenters. The second-order valence-electron chi connectivity index (χ2n) is 10.6. The maximum atomic E-state index is 3.24. The van der Waals surface area contributed by atoms with Gasteiger partial charge in [-0.15, -0.1) is 12.4 Å². The van der Waals surface area contributed by atoms with Gasteiger partial charge in [0.2, 0.25) is 0 Å². The molecule has 0 fully saturated rings. The van der Waals surface area contributed by atoms with E-state index in [-0.39, 0.29) is 12.4 Å². The van der Waals surface area contributed by atoms with Crippen molar-refractivity contribution >= 4 is 12.4 Å². The van der Waals surface area contributed by atoms with Crippen molar-refractivity contribution < 1.29 is 0 Å². The lowest BCUT2D eigenvalue weighted by Crippen LogP contribution is -2.06. The van der Waals surface area contributed by atoms with Crippen molar-refractivity contribution in [1.82, 2.24) is 5.32 Å². The summed E-state index contributed by atoms with van der Waals surface area (Å²) in [7, 11) is 2.06. The van der Waals surface area contributed by atoms with Gasteiger partial charge in [-0.05, 0) is 20.0 Å². The third-order valence-electron chi connectivity index (χ3n) is 7.28. The Morgan fingerprint density at radius 2 is 0.485 bits per heavy atom. The van der Waals surface area contributed by atoms with Crippen LogP contribution in [-0.4, -0.2) is 13.6 Å². The van der Waals surface area contributed by atoms with Crippen LogP contribution in [0.25, 0.3) is 0 Å². The molecule has 33 heavy (non-hydrogen) atoms. The van der Waals surface area contributed by atoms with Gasteiger partial charge in [0.1, 0.15) is 0 Å². The van der Waals surface area contributed by atoms with Gasteiger partial charge in [-0.2, -0.15) is 0 Å². The molecular weight excluding hydrogens is 422 g/mol. The summed E-state index contributed by atoms with van der Waals surface area (Å²) in [6.07, 6.45) is 41.2. The number of unbranched alkanes of at least 4 members (excludes halogenated alkanes) is 27. The van der Waals surface area contributed by atoms with Crippen LogP contribution in [0.3, 0.4) is 0 Å². The Kier molecular flexibility index (Phi) is 36.9. The van der Waals surface area contributed by atoms with E-state index in [2.05, 4.69) is 19.3 Å². The molecule has 0 aliphatic carbocycles. The molecule has 0 aliphatic rings. The highest BCUT2D eigenvalue weighted by Gasteiger charge is 1.96. The standard InChI is InChI=1S/C31H65N.ClH/c1-3-4-5-6-7-8-9-10-11-12-13-14-15-16-17-18-19-20-21-22-23-24-25-26-27-28-29-30-31-32-2;/h32H,3-31H2,1-2H3;1H. The van der Waals surface area contributed by atoms with Gasteiger partial charge < -0.3 is 5.32 Å². The molecule has 0 heterocycles. The monoisotopic (exact) mass is 487 g/mol. The first-order valence-corrected chi connectivity index (χ1v) is 15.6. The minimum atomic E-state index is 0. The van der Waals surface area contributed by atoms with E-state index in [1.807, 2.05) is 0 Å². The number of hydrogen-bond acceptors (Lipinski definition) is 1. The Balaban J connectivity index is 0. The van der Waals surface area contributed by atoms with Crippen LogP contribution in [-0.2, 0) is 0 Å². The fourth-order valence-electron chi connectivity index (χ4n) is 4.97. The maximum Gasteiger partial charge on any atom is -0.00519 e. The summed E-state index contributed by atoms with van der Waals surface area (Å²) in [4.78, 5) is 0. The third kappa shape index (κ3) is 34.5. The smallest absolute Gasteiger partial charge is 0.00519 e. The van der Waals surface area contributed by atoms with Gasteiger partial charge in [0.25, 0.3) is 0 Å². The van der Waals surface area contributed by atoms with Crippen molar-refractivity contribution in [1.29, 1.82) is 0 Å². The van der Waals surface area contributed by atoms with Crippen LogP contribution in [0.15, 0.2) is 0 Å². The van der Waals surface area contributed by atoms with E-state index in [0.29, 0.717) is 0 Å². The summed E-state index contributed by atoms with van der Waals surface area (Å²) < 4.78 is 0. The van der Waals surface area contributed by atoms with Crippen LogP contribution in [0.1, 0.15) is 187 Å². The Bertz CT molecular complexity index is 277. The van der Waals surface area contributed by atoms with Gasteiger partial charge in [0, 0.05) is 0 Å². The van der Waals surface area contributed by atoms with Gasteiger partial charge in [0.05, 0.1) is 0 Å². The molecule has 202 valence electrons. The molecule has 0 amide bonds. The van der Waals surface area contributed by atoms with E-state index < -0.39 is 0 Å². The lowest BCUT2D eigenvalue weighted by molar-refractivity contribution is 0.513. The minimum Gasteiger partial charge on any atom is -0.320 e. The molecule has 1 N–H and O–H groups in total. The first-order chi connectivity index (χ1) is 15.9. The summed E-state index contributed by atoms with van der Waals surface area (Å²) in [6.45, 7) is 3.50. The molecule has 0 aromatic rings. The molecule has 2 heteroatoms. The highest BCUT2D eigenvalue weighted by molar-refractivity contribution is 5.85. The lowest BCUT2D eigenvalue weighted by Gasteiger charge is -2.04. The molecule has 0 aromatic carbocycles. The molecule has 0 atom stereocenters. The predicted octanol–water partition coefficient (Wildman–Crippen LogP) is 11.6. The first kappa shape index (κ1) is 35.4. The molecule has 0 bridgehead atoms. The predicted molar refractivity (Wildman–Crippen MR) is 156 cm³/mol. The van der Waals surface area contributed by atoms with Gasteiger partial charge in [0.15, 0.2) is 0 Å². The van der Waals surface area contributed by atoms with E-state index in [9.17, 15) is 0 Å². The molecule has 0 saturated carbocycles. The van der Waals surface area contributed by atoms with Crippen LogP contribution < -0.4 is 5.32 Å². The normalized spacial score (nSPS) is 11.1. The second-order valence-corrected chi connectivity index (χ2v) is 10.6. The summed E-state index contributed by atoms with van der Waals surface area (Å²) in [6, 6.07) is 0. The molecule has 0 aromatic heterocycles. The van der Waals surface area contributed by atoms with Gasteiger partial charge >= 0.3 is 0 Å². The second kappa shape index (κ2) is 34.4. The number of halogens is 1. The molecule has 0 radical (unpaired) electrons. The topological polar surface area (TPSA) is 12.0 Å². The van der Waals surface area contributed by atoms with Crippen molar-refractivity contribution in [3.63, 3.8) is 0 Å². The van der Waals surface area contributed by atoms with Crippen LogP contribution in [0.2, 0.25) is 0 Å². The highest BCUT2D eigenvalue weighted by Crippen LogP contribution is 2.16. The van der Waals surface area contributed by atoms with Crippen molar-refractivity contribution in [2.24, 2.45) is 0 Å². The summed E-state index contributed by atoms with van der Waals surface area (Å²) >= 11 is 0. The van der Waals surface area contributed by atoms with Crippen LogP contribution in [0, 0.1) is 0 Å². The Labute approximate surface area is 217 Å². The van der Waals surface area contributed by atoms with E-state index in [0.717, 1.165) is 0 Å². The molecule has 0 rings (SSSR count). The minimum absolute atomic E-state index is 0. The maximum absolute atomic E-state index is 3.24. The van der Waals surface area contributed by atoms with Gasteiger partial charge in [-0.25, -0.2) is 0 Å². The fraction of sp³-hybridized carbons (Fsp3) is 1.00. The SMILES string of the molecule is CCCCCCCCCCCCCCCCCCCCCCCCCCCCCCNC.Cl. The Hall–Kier alpha value is 0.250. The van der Waals surface area contributed by atoms with E-state index in [1.165, 1.54) is 186 Å². The van der Waals surface area contributed by atoms with Crippen molar-refractivity contribution in [2.45, 2.75) is 187 Å². The third-order valence-corrected chi connectivity index (χ3v) is 7.28. The van der Waals surface area contributed by atoms with E-state index in [4.69, 9.17) is 0 Å². The average molecular weight is 488 g/mol.